The molecule has 154 valence electrons. The van der Waals surface area contributed by atoms with Gasteiger partial charge in [0.1, 0.15) is 0 Å². The van der Waals surface area contributed by atoms with Gasteiger partial charge in [0, 0.05) is 13.2 Å². The van der Waals surface area contributed by atoms with E-state index in [1.54, 1.807) is 0 Å². The van der Waals surface area contributed by atoms with Crippen LogP contribution in [-0.4, -0.2) is 47.3 Å². The zero-order chi connectivity index (χ0) is 20.1. The molecule has 1 aliphatic rings. The van der Waals surface area contributed by atoms with Gasteiger partial charge in [-0.15, -0.1) is 0 Å². The van der Waals surface area contributed by atoms with Gasteiger partial charge in [0.15, 0.2) is 11.7 Å². The molecule has 1 rings (SSSR count). The molecule has 0 aromatic rings. The summed E-state index contributed by atoms with van der Waals surface area (Å²) < 4.78 is 27.3. The van der Waals surface area contributed by atoms with Crippen molar-refractivity contribution in [2.45, 2.75) is 69.9 Å². The molecule has 0 heterocycles. The number of amides is 2. The van der Waals surface area contributed by atoms with E-state index in [4.69, 9.17) is 10.2 Å². The van der Waals surface area contributed by atoms with Gasteiger partial charge in [-0.2, -0.15) is 0 Å². The molecule has 0 saturated heterocycles. The maximum atomic E-state index is 13.7. The minimum Gasteiger partial charge on any atom is -0.396 e. The van der Waals surface area contributed by atoms with Crippen molar-refractivity contribution in [3.63, 3.8) is 0 Å². The predicted molar refractivity (Wildman–Crippen MR) is 98.0 cm³/mol. The summed E-state index contributed by atoms with van der Waals surface area (Å²) in [5.41, 5.74) is 0. The Labute approximate surface area is 158 Å². The van der Waals surface area contributed by atoms with E-state index in [9.17, 15) is 18.4 Å². The van der Waals surface area contributed by atoms with Crippen LogP contribution in [0.5, 0.6) is 0 Å². The van der Waals surface area contributed by atoms with Gasteiger partial charge in [0.05, 0.1) is 12.1 Å². The molecule has 0 radical (unpaired) electrons. The van der Waals surface area contributed by atoms with Crippen molar-refractivity contribution >= 4 is 11.8 Å². The average molecular weight is 388 g/mol. The quantitative estimate of drug-likeness (QED) is 0.271. The van der Waals surface area contributed by atoms with Crippen LogP contribution >= 0.6 is 0 Å². The number of aliphatic hydroxyl groups is 2. The Morgan fingerprint density at radius 1 is 0.778 bits per heavy atom. The zero-order valence-electron chi connectivity index (χ0n) is 15.6. The maximum Gasteiger partial charge on any atom is 0.279 e. The first kappa shape index (κ1) is 23.2. The molecule has 0 bridgehead atoms. The summed E-state index contributed by atoms with van der Waals surface area (Å²) in [7, 11) is 0. The van der Waals surface area contributed by atoms with Crippen molar-refractivity contribution in [3.8, 4) is 0 Å². The highest BCUT2D eigenvalue weighted by atomic mass is 19.1. The van der Waals surface area contributed by atoms with Gasteiger partial charge in [0.2, 0.25) is 0 Å². The monoisotopic (exact) mass is 388 g/mol. The van der Waals surface area contributed by atoms with Crippen LogP contribution in [0.15, 0.2) is 23.8 Å². The van der Waals surface area contributed by atoms with Gasteiger partial charge in [-0.25, -0.2) is 8.78 Å². The first-order valence-corrected chi connectivity index (χ1v) is 9.54. The van der Waals surface area contributed by atoms with Gasteiger partial charge in [0.25, 0.3) is 11.8 Å². The second-order valence-corrected chi connectivity index (χ2v) is 6.65. The third-order valence-electron chi connectivity index (χ3n) is 4.23. The van der Waals surface area contributed by atoms with Crippen LogP contribution in [0.2, 0.25) is 0 Å². The fraction of sp³-hybridized carbons (Fsp3) is 0.684. The Kier molecular flexibility index (Phi) is 11.5. The van der Waals surface area contributed by atoms with Crippen molar-refractivity contribution in [1.82, 2.24) is 10.6 Å². The molecule has 0 aliphatic heterocycles. The van der Waals surface area contributed by atoms with E-state index in [0.29, 0.717) is 44.9 Å². The number of halogens is 2. The molecule has 0 unspecified atom stereocenters. The number of carbonyl (C=O) groups excluding carboxylic acids is 2. The zero-order valence-corrected chi connectivity index (χ0v) is 15.6. The average Bonchev–Trinajstić information content (AvgIpc) is 3.37. The van der Waals surface area contributed by atoms with E-state index in [0.717, 1.165) is 12.8 Å². The molecular formula is C19H30F2N2O4. The summed E-state index contributed by atoms with van der Waals surface area (Å²) in [6, 6.07) is -0.792. The maximum absolute atomic E-state index is 13.7. The molecule has 0 aromatic carbocycles. The van der Waals surface area contributed by atoms with Gasteiger partial charge in [-0.3, -0.25) is 9.59 Å². The number of carbonyl (C=O) groups is 2. The van der Waals surface area contributed by atoms with Gasteiger partial charge in [-0.1, -0.05) is 12.8 Å². The van der Waals surface area contributed by atoms with Crippen molar-refractivity contribution in [2.75, 3.05) is 13.2 Å². The first-order valence-electron chi connectivity index (χ1n) is 9.54. The topological polar surface area (TPSA) is 98.7 Å². The van der Waals surface area contributed by atoms with Crippen LogP contribution < -0.4 is 10.6 Å². The number of rotatable bonds is 14. The number of allylic oxidation sites excluding steroid dienone is 2. The lowest BCUT2D eigenvalue weighted by atomic mass is 10.2. The second kappa shape index (κ2) is 13.4. The van der Waals surface area contributed by atoms with E-state index < -0.39 is 35.6 Å². The lowest BCUT2D eigenvalue weighted by Crippen LogP contribution is -2.35. The molecule has 0 aromatic heterocycles. The molecule has 1 saturated carbocycles. The van der Waals surface area contributed by atoms with E-state index in [1.165, 1.54) is 12.2 Å². The minimum atomic E-state index is -0.870. The number of hydrogen-bond acceptors (Lipinski definition) is 4. The number of unbranched alkanes of at least 4 members (excludes halogenated alkanes) is 6. The molecular weight excluding hydrogens is 358 g/mol. The van der Waals surface area contributed by atoms with Crippen molar-refractivity contribution in [3.05, 3.63) is 23.8 Å². The molecule has 2 amide bonds. The molecule has 6 nitrogen and oxygen atoms in total. The number of aliphatic hydroxyl groups excluding tert-OH is 2. The van der Waals surface area contributed by atoms with E-state index >= 15 is 0 Å². The van der Waals surface area contributed by atoms with Gasteiger partial charge >= 0.3 is 0 Å². The first-order chi connectivity index (χ1) is 13.0. The largest absolute Gasteiger partial charge is 0.396 e. The highest BCUT2D eigenvalue weighted by molar-refractivity contribution is 5.93. The Bertz CT molecular complexity index is 492. The van der Waals surface area contributed by atoms with E-state index in [-0.39, 0.29) is 13.2 Å². The molecule has 8 heteroatoms. The van der Waals surface area contributed by atoms with Crippen LogP contribution in [0.4, 0.5) is 8.78 Å². The lowest BCUT2D eigenvalue weighted by molar-refractivity contribution is -0.120. The van der Waals surface area contributed by atoms with Crippen LogP contribution in [0.3, 0.4) is 0 Å². The highest BCUT2D eigenvalue weighted by Crippen LogP contribution is 2.22. The van der Waals surface area contributed by atoms with Gasteiger partial charge in [-0.05, 0) is 57.1 Å². The normalized spacial score (nSPS) is 19.7. The van der Waals surface area contributed by atoms with E-state index in [1.807, 2.05) is 0 Å². The fourth-order valence-corrected chi connectivity index (χ4v) is 2.50. The SMILES string of the molecule is O=C(N[C@H]1C[C@H]1NC(=O)C(F)=CCCCCCO)C(F)=CCCCCCO. The smallest absolute Gasteiger partial charge is 0.279 e. The van der Waals surface area contributed by atoms with Crippen LogP contribution in [0.1, 0.15) is 57.8 Å². The summed E-state index contributed by atoms with van der Waals surface area (Å²) in [6.45, 7) is 0.196. The van der Waals surface area contributed by atoms with Crippen molar-refractivity contribution in [2.24, 2.45) is 0 Å². The Morgan fingerprint density at radius 2 is 1.19 bits per heavy atom. The van der Waals surface area contributed by atoms with Crippen LogP contribution in [0, 0.1) is 0 Å². The standard InChI is InChI=1S/C19H30F2N2O4/c20-14(9-5-1-3-7-11-24)18(26)22-16-13-17(16)23-19(27)15(21)10-6-2-4-8-12-25/h9-10,16-17,24-25H,1-8,11-13H2,(H,22,26)(H,23,27)/t16-,17+. The molecule has 1 aliphatic carbocycles. The van der Waals surface area contributed by atoms with Gasteiger partial charge < -0.3 is 20.8 Å². The van der Waals surface area contributed by atoms with Crippen molar-refractivity contribution < 1.29 is 28.6 Å². The molecule has 0 spiro atoms. The minimum absolute atomic E-state index is 0.0982. The Hall–Kier alpha value is -1.80. The number of hydrogen-bond donors (Lipinski definition) is 4. The van der Waals surface area contributed by atoms with E-state index in [2.05, 4.69) is 10.6 Å². The molecule has 4 N–H and O–H groups in total. The summed E-state index contributed by atoms with van der Waals surface area (Å²) >= 11 is 0. The Balaban J connectivity index is 2.24. The second-order valence-electron chi connectivity index (χ2n) is 6.65. The predicted octanol–water partition coefficient (Wildman–Crippen LogP) is 2.17. The molecule has 27 heavy (non-hydrogen) atoms. The highest BCUT2D eigenvalue weighted by Gasteiger charge is 2.40. The third kappa shape index (κ3) is 10.2. The summed E-state index contributed by atoms with van der Waals surface area (Å²) in [5, 5.41) is 22.2. The number of nitrogens with one attached hydrogen (secondary N) is 2. The Morgan fingerprint density at radius 3 is 1.56 bits per heavy atom. The fourth-order valence-electron chi connectivity index (χ4n) is 2.50. The molecule has 2 atom stereocenters. The van der Waals surface area contributed by atoms with Crippen molar-refractivity contribution in [1.29, 1.82) is 0 Å². The summed E-state index contributed by atoms with van der Waals surface area (Å²) in [4.78, 5) is 23.4. The summed E-state index contributed by atoms with van der Waals surface area (Å²) in [5.74, 6) is -3.41. The molecule has 1 fully saturated rings. The lowest BCUT2D eigenvalue weighted by Gasteiger charge is -2.05. The summed E-state index contributed by atoms with van der Waals surface area (Å²) in [6.07, 6.45) is 7.89. The van der Waals surface area contributed by atoms with Crippen LogP contribution in [-0.2, 0) is 9.59 Å². The van der Waals surface area contributed by atoms with Crippen LogP contribution in [0.25, 0.3) is 0 Å². The third-order valence-corrected chi connectivity index (χ3v) is 4.23.